The molecule has 1 fully saturated rings. The van der Waals surface area contributed by atoms with Crippen LogP contribution in [-0.4, -0.2) is 31.1 Å². The normalized spacial score (nSPS) is 18.6. The minimum Gasteiger partial charge on any atom is -0.488 e. The van der Waals surface area contributed by atoms with Crippen LogP contribution in [0.4, 0.5) is 11.4 Å². The number of nitrogen functional groups attached to an aromatic ring is 2. The predicted octanol–water partition coefficient (Wildman–Crippen LogP) is 1.32. The molecule has 0 radical (unpaired) electrons. The fourth-order valence-corrected chi connectivity index (χ4v) is 1.95. The molecule has 0 unspecified atom stereocenters. The SMILES string of the molecule is CN1CCC(Oc2cccc(N)c2N)CC1. The summed E-state index contributed by atoms with van der Waals surface area (Å²) in [7, 11) is 2.13. The first-order chi connectivity index (χ1) is 7.66. The molecule has 2 rings (SSSR count). The summed E-state index contributed by atoms with van der Waals surface area (Å²) in [4.78, 5) is 2.31. The lowest BCUT2D eigenvalue weighted by molar-refractivity contribution is 0.115. The van der Waals surface area contributed by atoms with Crippen molar-refractivity contribution in [3.05, 3.63) is 18.2 Å². The first kappa shape index (κ1) is 11.1. The van der Waals surface area contributed by atoms with Crippen LogP contribution in [-0.2, 0) is 0 Å². The molecule has 0 saturated carbocycles. The average molecular weight is 221 g/mol. The summed E-state index contributed by atoms with van der Waals surface area (Å²) in [5.74, 6) is 0.717. The van der Waals surface area contributed by atoms with Crippen LogP contribution in [0.25, 0.3) is 0 Å². The molecule has 1 aromatic rings. The van der Waals surface area contributed by atoms with Gasteiger partial charge in [0.15, 0.2) is 0 Å². The fourth-order valence-electron chi connectivity index (χ4n) is 1.95. The molecule has 88 valence electrons. The van der Waals surface area contributed by atoms with Crippen LogP contribution < -0.4 is 16.2 Å². The van der Waals surface area contributed by atoms with E-state index in [0.29, 0.717) is 11.4 Å². The van der Waals surface area contributed by atoms with Crippen molar-refractivity contribution < 1.29 is 4.74 Å². The Balaban J connectivity index is 2.01. The first-order valence-electron chi connectivity index (χ1n) is 5.66. The van der Waals surface area contributed by atoms with Gasteiger partial charge in [0.25, 0.3) is 0 Å². The second-order valence-corrected chi connectivity index (χ2v) is 4.38. The highest BCUT2D eigenvalue weighted by atomic mass is 16.5. The Kier molecular flexibility index (Phi) is 3.19. The van der Waals surface area contributed by atoms with Gasteiger partial charge < -0.3 is 21.1 Å². The van der Waals surface area contributed by atoms with Crippen molar-refractivity contribution in [3.8, 4) is 5.75 Å². The molecule has 0 aromatic heterocycles. The lowest BCUT2D eigenvalue weighted by atomic mass is 10.1. The third-order valence-electron chi connectivity index (χ3n) is 3.06. The molecule has 4 heteroatoms. The van der Waals surface area contributed by atoms with Gasteiger partial charge in [-0.3, -0.25) is 0 Å². The lowest BCUT2D eigenvalue weighted by Gasteiger charge is -2.29. The summed E-state index contributed by atoms with van der Waals surface area (Å²) < 4.78 is 5.88. The summed E-state index contributed by atoms with van der Waals surface area (Å²) in [6, 6.07) is 5.54. The number of hydrogen-bond acceptors (Lipinski definition) is 4. The summed E-state index contributed by atoms with van der Waals surface area (Å²) in [5, 5.41) is 0. The third kappa shape index (κ3) is 2.39. The van der Waals surface area contributed by atoms with Crippen molar-refractivity contribution in [2.75, 3.05) is 31.6 Å². The zero-order valence-corrected chi connectivity index (χ0v) is 9.65. The Morgan fingerprint density at radius 3 is 2.62 bits per heavy atom. The molecule has 4 N–H and O–H groups in total. The lowest BCUT2D eigenvalue weighted by Crippen LogP contribution is -2.35. The Hall–Kier alpha value is -1.42. The van der Waals surface area contributed by atoms with E-state index in [-0.39, 0.29) is 6.10 Å². The van der Waals surface area contributed by atoms with Crippen LogP contribution in [0.5, 0.6) is 5.75 Å². The van der Waals surface area contributed by atoms with Crippen molar-refractivity contribution in [2.24, 2.45) is 0 Å². The maximum absolute atomic E-state index is 5.88. The number of ether oxygens (including phenoxy) is 1. The number of rotatable bonds is 2. The van der Waals surface area contributed by atoms with E-state index in [1.807, 2.05) is 12.1 Å². The monoisotopic (exact) mass is 221 g/mol. The van der Waals surface area contributed by atoms with Gasteiger partial charge in [0.1, 0.15) is 11.9 Å². The zero-order chi connectivity index (χ0) is 11.5. The second kappa shape index (κ2) is 4.61. The molecule has 16 heavy (non-hydrogen) atoms. The number of nitrogens with zero attached hydrogens (tertiary/aromatic N) is 1. The number of para-hydroxylation sites is 1. The number of piperidine rings is 1. The molecule has 1 saturated heterocycles. The molecule has 0 bridgehead atoms. The van der Waals surface area contributed by atoms with Crippen LogP contribution in [0.15, 0.2) is 18.2 Å². The van der Waals surface area contributed by atoms with E-state index in [1.165, 1.54) is 0 Å². The van der Waals surface area contributed by atoms with Crippen molar-refractivity contribution in [3.63, 3.8) is 0 Å². The maximum atomic E-state index is 5.88. The van der Waals surface area contributed by atoms with Gasteiger partial charge >= 0.3 is 0 Å². The Morgan fingerprint density at radius 1 is 1.25 bits per heavy atom. The number of nitrogens with two attached hydrogens (primary N) is 2. The van der Waals surface area contributed by atoms with Gasteiger partial charge in [-0.25, -0.2) is 0 Å². The maximum Gasteiger partial charge on any atom is 0.144 e. The van der Waals surface area contributed by atoms with Gasteiger partial charge in [-0.05, 0) is 32.0 Å². The smallest absolute Gasteiger partial charge is 0.144 e. The molecule has 0 amide bonds. The van der Waals surface area contributed by atoms with Gasteiger partial charge in [0.05, 0.1) is 11.4 Å². The quantitative estimate of drug-likeness (QED) is 0.739. The summed E-state index contributed by atoms with van der Waals surface area (Å²) >= 11 is 0. The van der Waals surface area contributed by atoms with Gasteiger partial charge in [0.2, 0.25) is 0 Å². The highest BCUT2D eigenvalue weighted by Gasteiger charge is 2.18. The molecule has 0 aliphatic carbocycles. The molecule has 4 nitrogen and oxygen atoms in total. The topological polar surface area (TPSA) is 64.5 Å². The van der Waals surface area contributed by atoms with Crippen molar-refractivity contribution in [1.82, 2.24) is 4.90 Å². The Bertz CT molecular complexity index is 359. The highest BCUT2D eigenvalue weighted by Crippen LogP contribution is 2.29. The summed E-state index contributed by atoms with van der Waals surface area (Å²) in [6.45, 7) is 2.15. The summed E-state index contributed by atoms with van der Waals surface area (Å²) in [5.41, 5.74) is 12.7. The predicted molar refractivity (Wildman–Crippen MR) is 66.4 cm³/mol. The minimum atomic E-state index is 0.264. The van der Waals surface area contributed by atoms with Crippen LogP contribution in [0.2, 0.25) is 0 Å². The average Bonchev–Trinajstić information content (AvgIpc) is 2.28. The van der Waals surface area contributed by atoms with Crippen LogP contribution in [0.3, 0.4) is 0 Å². The van der Waals surface area contributed by atoms with Gasteiger partial charge in [0, 0.05) is 13.1 Å². The van der Waals surface area contributed by atoms with Crippen LogP contribution in [0, 0.1) is 0 Å². The molecule has 1 aromatic carbocycles. The number of likely N-dealkylation sites (tertiary alicyclic amines) is 1. The second-order valence-electron chi connectivity index (χ2n) is 4.38. The molecular formula is C12H19N3O. The van der Waals surface area contributed by atoms with E-state index < -0.39 is 0 Å². The molecule has 0 spiro atoms. The van der Waals surface area contributed by atoms with Gasteiger partial charge in [-0.1, -0.05) is 6.07 Å². The standard InChI is InChI=1S/C12H19N3O/c1-15-7-5-9(6-8-15)16-11-4-2-3-10(13)12(11)14/h2-4,9H,5-8,13-14H2,1H3. The van der Waals surface area contributed by atoms with E-state index in [1.54, 1.807) is 6.07 Å². The van der Waals surface area contributed by atoms with Gasteiger partial charge in [-0.15, -0.1) is 0 Å². The molecular weight excluding hydrogens is 202 g/mol. The number of anilines is 2. The largest absolute Gasteiger partial charge is 0.488 e. The summed E-state index contributed by atoms with van der Waals surface area (Å²) in [6.07, 6.45) is 2.36. The molecule has 0 atom stereocenters. The van der Waals surface area contributed by atoms with Crippen LogP contribution in [0.1, 0.15) is 12.8 Å². The van der Waals surface area contributed by atoms with Crippen molar-refractivity contribution >= 4 is 11.4 Å². The molecule has 1 aliphatic heterocycles. The third-order valence-corrected chi connectivity index (χ3v) is 3.06. The number of benzene rings is 1. The van der Waals surface area contributed by atoms with Crippen molar-refractivity contribution in [2.45, 2.75) is 18.9 Å². The van der Waals surface area contributed by atoms with Crippen LogP contribution >= 0.6 is 0 Å². The minimum absolute atomic E-state index is 0.264. The number of hydrogen-bond donors (Lipinski definition) is 2. The van der Waals surface area contributed by atoms with E-state index in [0.717, 1.165) is 31.7 Å². The Labute approximate surface area is 96.2 Å². The van der Waals surface area contributed by atoms with Gasteiger partial charge in [-0.2, -0.15) is 0 Å². The van der Waals surface area contributed by atoms with E-state index in [9.17, 15) is 0 Å². The van der Waals surface area contributed by atoms with Crippen molar-refractivity contribution in [1.29, 1.82) is 0 Å². The first-order valence-corrected chi connectivity index (χ1v) is 5.66. The zero-order valence-electron chi connectivity index (χ0n) is 9.65. The molecule has 1 heterocycles. The van der Waals surface area contributed by atoms with E-state index >= 15 is 0 Å². The fraction of sp³-hybridized carbons (Fsp3) is 0.500. The highest BCUT2D eigenvalue weighted by molar-refractivity contribution is 5.70. The Morgan fingerprint density at radius 2 is 1.94 bits per heavy atom. The molecule has 1 aliphatic rings. The van der Waals surface area contributed by atoms with E-state index in [4.69, 9.17) is 16.2 Å². The van der Waals surface area contributed by atoms with E-state index in [2.05, 4.69) is 11.9 Å².